The Morgan fingerprint density at radius 1 is 1.00 bits per heavy atom. The summed E-state index contributed by atoms with van der Waals surface area (Å²) in [5.74, 6) is -0.344. The van der Waals surface area contributed by atoms with E-state index in [9.17, 15) is 10.2 Å². The van der Waals surface area contributed by atoms with E-state index in [4.69, 9.17) is 34.8 Å². The summed E-state index contributed by atoms with van der Waals surface area (Å²) < 4.78 is 0. The van der Waals surface area contributed by atoms with E-state index in [-0.39, 0.29) is 18.0 Å². The van der Waals surface area contributed by atoms with Crippen LogP contribution < -0.4 is 5.32 Å². The molecule has 2 aromatic rings. The van der Waals surface area contributed by atoms with Crippen LogP contribution in [0.4, 0.5) is 5.69 Å². The predicted molar refractivity (Wildman–Crippen MR) is 78.6 cm³/mol. The first kappa shape index (κ1) is 14.1. The molecule has 6 heteroatoms. The van der Waals surface area contributed by atoms with E-state index in [1.807, 2.05) is 0 Å². The third-order valence-electron chi connectivity index (χ3n) is 2.56. The molecule has 0 saturated carbocycles. The van der Waals surface area contributed by atoms with Gasteiger partial charge in [0.15, 0.2) is 11.5 Å². The molecule has 3 N–H and O–H groups in total. The van der Waals surface area contributed by atoms with Crippen LogP contribution in [0.15, 0.2) is 30.3 Å². The largest absolute Gasteiger partial charge is 0.504 e. The number of hydrogen-bond donors (Lipinski definition) is 3. The summed E-state index contributed by atoms with van der Waals surface area (Å²) in [6.07, 6.45) is 0. The fraction of sp³-hybridized carbons (Fsp3) is 0.0769. The lowest BCUT2D eigenvalue weighted by molar-refractivity contribution is 0.400. The lowest BCUT2D eigenvalue weighted by atomic mass is 10.2. The van der Waals surface area contributed by atoms with Gasteiger partial charge in [0.2, 0.25) is 0 Å². The molecule has 0 aliphatic carbocycles. The molecular weight excluding hydrogens is 309 g/mol. The van der Waals surface area contributed by atoms with Crippen molar-refractivity contribution in [1.82, 2.24) is 0 Å². The maximum atomic E-state index is 9.68. The second-order valence-corrected chi connectivity index (χ2v) is 5.13. The molecule has 0 aliphatic rings. The Kier molecular flexibility index (Phi) is 4.30. The number of para-hydroxylation sites is 1. The fourth-order valence-electron chi connectivity index (χ4n) is 1.62. The third kappa shape index (κ3) is 3.18. The zero-order valence-electron chi connectivity index (χ0n) is 9.62. The van der Waals surface area contributed by atoms with E-state index < -0.39 is 0 Å². The molecule has 3 nitrogen and oxygen atoms in total. The van der Waals surface area contributed by atoms with E-state index in [0.29, 0.717) is 26.3 Å². The van der Waals surface area contributed by atoms with E-state index in [1.165, 1.54) is 6.07 Å². The molecule has 2 aromatic carbocycles. The van der Waals surface area contributed by atoms with Crippen LogP contribution in [-0.2, 0) is 6.54 Å². The second-order valence-electron chi connectivity index (χ2n) is 3.88. The summed E-state index contributed by atoms with van der Waals surface area (Å²) in [6.45, 7) is 0.265. The molecule has 19 heavy (non-hydrogen) atoms. The van der Waals surface area contributed by atoms with Gasteiger partial charge in [-0.1, -0.05) is 46.9 Å². The van der Waals surface area contributed by atoms with Gasteiger partial charge in [-0.3, -0.25) is 0 Å². The number of anilines is 1. The van der Waals surface area contributed by atoms with Crippen molar-refractivity contribution in [2.45, 2.75) is 6.54 Å². The zero-order valence-corrected chi connectivity index (χ0v) is 11.9. The smallest absolute Gasteiger partial charge is 0.162 e. The van der Waals surface area contributed by atoms with E-state index >= 15 is 0 Å². The summed E-state index contributed by atoms with van der Waals surface area (Å²) in [5, 5.41) is 23.3. The molecule has 0 aromatic heterocycles. The highest BCUT2D eigenvalue weighted by Crippen LogP contribution is 2.35. The number of phenols is 2. The molecule has 0 aliphatic heterocycles. The molecule has 0 spiro atoms. The van der Waals surface area contributed by atoms with Crippen molar-refractivity contribution in [2.24, 2.45) is 0 Å². The molecule has 0 saturated heterocycles. The summed E-state index contributed by atoms with van der Waals surface area (Å²) in [6, 6.07) is 7.86. The quantitative estimate of drug-likeness (QED) is 0.721. The van der Waals surface area contributed by atoms with Crippen molar-refractivity contribution in [3.8, 4) is 11.5 Å². The summed E-state index contributed by atoms with van der Waals surface area (Å²) in [4.78, 5) is 0. The minimum Gasteiger partial charge on any atom is -0.504 e. The van der Waals surface area contributed by atoms with Gasteiger partial charge in [0, 0.05) is 17.1 Å². The number of halogens is 3. The molecule has 0 amide bonds. The van der Waals surface area contributed by atoms with Gasteiger partial charge < -0.3 is 15.5 Å². The van der Waals surface area contributed by atoms with Crippen LogP contribution in [0.2, 0.25) is 15.1 Å². The van der Waals surface area contributed by atoms with E-state index in [2.05, 4.69) is 5.32 Å². The standard InChI is InChI=1S/C13H10Cl3NO2/c14-8-4-9(15)12(10(16)5-8)17-6-7-2-1-3-11(18)13(7)19/h1-5,17-19H,6H2. The SMILES string of the molecule is Oc1cccc(CNc2c(Cl)cc(Cl)cc2Cl)c1O. The fourth-order valence-corrected chi connectivity index (χ4v) is 2.57. The Morgan fingerprint density at radius 2 is 1.63 bits per heavy atom. The van der Waals surface area contributed by atoms with Gasteiger partial charge in [0.25, 0.3) is 0 Å². The average molecular weight is 319 g/mol. The van der Waals surface area contributed by atoms with Crippen LogP contribution in [0.25, 0.3) is 0 Å². The summed E-state index contributed by atoms with van der Waals surface area (Å²) in [7, 11) is 0. The molecule has 0 radical (unpaired) electrons. The Morgan fingerprint density at radius 3 is 2.26 bits per heavy atom. The van der Waals surface area contributed by atoms with E-state index in [1.54, 1.807) is 24.3 Å². The van der Waals surface area contributed by atoms with Crippen LogP contribution in [0, 0.1) is 0 Å². The molecule has 0 fully saturated rings. The number of phenolic OH excluding ortho intramolecular Hbond substituents is 2. The van der Waals surface area contributed by atoms with Gasteiger partial charge >= 0.3 is 0 Å². The number of benzene rings is 2. The zero-order chi connectivity index (χ0) is 14.0. The molecule has 2 rings (SSSR count). The molecule has 100 valence electrons. The van der Waals surface area contributed by atoms with E-state index in [0.717, 1.165) is 0 Å². The molecule has 0 atom stereocenters. The van der Waals surface area contributed by atoms with Gasteiger partial charge in [-0.25, -0.2) is 0 Å². The Labute approximate surface area is 125 Å². The van der Waals surface area contributed by atoms with Crippen LogP contribution in [-0.4, -0.2) is 10.2 Å². The van der Waals surface area contributed by atoms with Crippen molar-refractivity contribution >= 4 is 40.5 Å². The van der Waals surface area contributed by atoms with Crippen LogP contribution in [0.1, 0.15) is 5.56 Å². The minimum atomic E-state index is -0.174. The summed E-state index contributed by atoms with van der Waals surface area (Å²) >= 11 is 17.9. The van der Waals surface area contributed by atoms with Crippen molar-refractivity contribution in [3.63, 3.8) is 0 Å². The molecule has 0 unspecified atom stereocenters. The first-order chi connectivity index (χ1) is 8.99. The number of aromatic hydroxyl groups is 2. The number of nitrogens with one attached hydrogen (secondary N) is 1. The predicted octanol–water partition coefficient (Wildman–Crippen LogP) is 4.67. The Bertz CT molecular complexity index is 594. The average Bonchev–Trinajstić information content (AvgIpc) is 2.33. The lowest BCUT2D eigenvalue weighted by Gasteiger charge is -2.12. The maximum absolute atomic E-state index is 9.68. The highest BCUT2D eigenvalue weighted by atomic mass is 35.5. The van der Waals surface area contributed by atoms with Gasteiger partial charge in [-0.15, -0.1) is 0 Å². The number of rotatable bonds is 3. The van der Waals surface area contributed by atoms with Gasteiger partial charge in [-0.2, -0.15) is 0 Å². The third-order valence-corrected chi connectivity index (χ3v) is 3.38. The Balaban J connectivity index is 2.22. The molecular formula is C13H10Cl3NO2. The van der Waals surface area contributed by atoms with Crippen LogP contribution >= 0.6 is 34.8 Å². The van der Waals surface area contributed by atoms with Crippen molar-refractivity contribution < 1.29 is 10.2 Å². The first-order valence-electron chi connectivity index (χ1n) is 5.37. The highest BCUT2D eigenvalue weighted by molar-refractivity contribution is 6.41. The topological polar surface area (TPSA) is 52.5 Å². The first-order valence-corrected chi connectivity index (χ1v) is 6.50. The van der Waals surface area contributed by atoms with Crippen molar-refractivity contribution in [3.05, 3.63) is 51.0 Å². The molecule has 0 heterocycles. The van der Waals surface area contributed by atoms with Crippen molar-refractivity contribution in [2.75, 3.05) is 5.32 Å². The summed E-state index contributed by atoms with van der Waals surface area (Å²) in [5.41, 5.74) is 1.05. The van der Waals surface area contributed by atoms with Gasteiger partial charge in [0.05, 0.1) is 15.7 Å². The molecule has 0 bridgehead atoms. The van der Waals surface area contributed by atoms with Gasteiger partial charge in [-0.05, 0) is 18.2 Å². The monoisotopic (exact) mass is 317 g/mol. The Hall–Kier alpha value is -1.29. The lowest BCUT2D eigenvalue weighted by Crippen LogP contribution is -2.01. The maximum Gasteiger partial charge on any atom is 0.162 e. The van der Waals surface area contributed by atoms with Crippen LogP contribution in [0.3, 0.4) is 0 Å². The van der Waals surface area contributed by atoms with Crippen LogP contribution in [0.5, 0.6) is 11.5 Å². The normalized spacial score (nSPS) is 10.5. The second kappa shape index (κ2) is 5.78. The van der Waals surface area contributed by atoms with Gasteiger partial charge in [0.1, 0.15) is 0 Å². The number of hydrogen-bond acceptors (Lipinski definition) is 3. The minimum absolute atomic E-state index is 0.170. The van der Waals surface area contributed by atoms with Crippen molar-refractivity contribution in [1.29, 1.82) is 0 Å². The highest BCUT2D eigenvalue weighted by Gasteiger charge is 2.10.